The summed E-state index contributed by atoms with van der Waals surface area (Å²) in [6.07, 6.45) is 46.7. The Bertz CT molecular complexity index is 1150. The number of rotatable bonds is 38. The SMILES string of the molecule is CC/C=C\C/C=C\C/C=C\C/C=C\C/C=C\CCCCCCCCCCCCCC(=O)NC(COC1OC(CO)C(O)C(O)C1O)C(O)/C=C/CCCCCCCCC. The number of nitrogens with one attached hydrogen (secondary N) is 1. The van der Waals surface area contributed by atoms with Gasteiger partial charge in [0.1, 0.15) is 24.4 Å². The van der Waals surface area contributed by atoms with Crippen LogP contribution in [0.15, 0.2) is 72.9 Å². The van der Waals surface area contributed by atoms with Crippen molar-refractivity contribution in [3.63, 3.8) is 0 Å². The zero-order chi connectivity index (χ0) is 43.0. The van der Waals surface area contributed by atoms with Gasteiger partial charge in [-0.3, -0.25) is 4.79 Å². The van der Waals surface area contributed by atoms with Crippen molar-refractivity contribution in [1.29, 1.82) is 0 Å². The van der Waals surface area contributed by atoms with Crippen molar-refractivity contribution in [3.05, 3.63) is 72.9 Å². The monoisotopic (exact) mass is 830 g/mol. The predicted octanol–water partition coefficient (Wildman–Crippen LogP) is 10.2. The molecule has 0 aromatic heterocycles. The van der Waals surface area contributed by atoms with Crippen LogP contribution in [0.1, 0.15) is 181 Å². The molecule has 340 valence electrons. The van der Waals surface area contributed by atoms with Crippen LogP contribution >= 0.6 is 0 Å². The summed E-state index contributed by atoms with van der Waals surface area (Å²) >= 11 is 0. The maximum atomic E-state index is 12.9. The first-order valence-corrected chi connectivity index (χ1v) is 23.7. The van der Waals surface area contributed by atoms with Crippen LogP contribution in [-0.2, 0) is 14.3 Å². The molecule has 7 atom stereocenters. The second-order valence-corrected chi connectivity index (χ2v) is 16.2. The number of amides is 1. The summed E-state index contributed by atoms with van der Waals surface area (Å²) in [4.78, 5) is 12.9. The molecule has 0 saturated carbocycles. The number of hydrogen-bond donors (Lipinski definition) is 6. The van der Waals surface area contributed by atoms with Gasteiger partial charge in [-0.15, -0.1) is 0 Å². The topological polar surface area (TPSA) is 149 Å². The van der Waals surface area contributed by atoms with E-state index < -0.39 is 49.5 Å². The molecule has 0 aliphatic carbocycles. The molecule has 1 amide bonds. The lowest BCUT2D eigenvalue weighted by molar-refractivity contribution is -0.302. The van der Waals surface area contributed by atoms with E-state index in [9.17, 15) is 30.3 Å². The Morgan fingerprint density at radius 2 is 1.05 bits per heavy atom. The van der Waals surface area contributed by atoms with Crippen molar-refractivity contribution in [2.24, 2.45) is 0 Å². The molecule has 9 nitrogen and oxygen atoms in total. The van der Waals surface area contributed by atoms with Gasteiger partial charge in [-0.25, -0.2) is 0 Å². The highest BCUT2D eigenvalue weighted by molar-refractivity contribution is 5.76. The number of ether oxygens (including phenoxy) is 2. The molecule has 0 bridgehead atoms. The predicted molar refractivity (Wildman–Crippen MR) is 244 cm³/mol. The summed E-state index contributed by atoms with van der Waals surface area (Å²) in [6.45, 7) is 3.61. The average Bonchev–Trinajstić information content (AvgIpc) is 3.23. The van der Waals surface area contributed by atoms with Gasteiger partial charge < -0.3 is 40.3 Å². The second-order valence-electron chi connectivity index (χ2n) is 16.2. The fraction of sp³-hybridized carbons (Fsp3) is 0.740. The van der Waals surface area contributed by atoms with Gasteiger partial charge in [-0.1, -0.05) is 183 Å². The molecule has 59 heavy (non-hydrogen) atoms. The van der Waals surface area contributed by atoms with Crippen LogP contribution in [0, 0.1) is 0 Å². The van der Waals surface area contributed by atoms with E-state index >= 15 is 0 Å². The van der Waals surface area contributed by atoms with Gasteiger partial charge in [0.25, 0.3) is 0 Å². The Hall–Kier alpha value is -2.37. The molecular weight excluding hydrogens is 743 g/mol. The number of carbonyl (C=O) groups is 1. The number of unbranched alkanes of at least 4 members (excludes halogenated alkanes) is 18. The minimum absolute atomic E-state index is 0.187. The molecule has 7 unspecified atom stereocenters. The van der Waals surface area contributed by atoms with Gasteiger partial charge in [0.05, 0.1) is 25.4 Å². The summed E-state index contributed by atoms with van der Waals surface area (Å²) in [5.74, 6) is -0.187. The number of carbonyl (C=O) groups excluding carboxylic acids is 1. The molecule has 6 N–H and O–H groups in total. The fourth-order valence-corrected chi connectivity index (χ4v) is 7.00. The van der Waals surface area contributed by atoms with E-state index in [1.165, 1.54) is 89.9 Å². The first-order valence-electron chi connectivity index (χ1n) is 23.7. The van der Waals surface area contributed by atoms with Gasteiger partial charge in [0.2, 0.25) is 5.91 Å². The number of allylic oxidation sites excluding steroid dienone is 11. The van der Waals surface area contributed by atoms with Crippen LogP contribution in [0.3, 0.4) is 0 Å². The molecule has 1 aliphatic heterocycles. The smallest absolute Gasteiger partial charge is 0.220 e. The third-order valence-electron chi connectivity index (χ3n) is 10.8. The highest BCUT2D eigenvalue weighted by Gasteiger charge is 2.44. The standard InChI is InChI=1S/C50H87NO8/c1-3-5-7-9-11-13-14-15-16-17-18-19-20-21-22-23-24-25-26-27-28-29-30-32-34-36-38-40-46(54)51-43(44(53)39-37-35-33-31-12-10-8-6-4-2)42-58-50-49(57)48(56)47(55)45(41-52)59-50/h5,7,11,13,15-16,18-19,21-22,37,39,43-45,47-50,52-53,55-57H,3-4,6,8-10,12,14,17,20,23-36,38,40-42H2,1-2H3,(H,51,54)/b7-5-,13-11-,16-15-,19-18-,22-21-,39-37+. The maximum Gasteiger partial charge on any atom is 0.220 e. The lowest BCUT2D eigenvalue weighted by Gasteiger charge is -2.40. The van der Waals surface area contributed by atoms with Crippen molar-refractivity contribution in [3.8, 4) is 0 Å². The molecule has 0 radical (unpaired) electrons. The van der Waals surface area contributed by atoms with Crippen LogP contribution in [0.5, 0.6) is 0 Å². The first kappa shape index (κ1) is 54.6. The maximum absolute atomic E-state index is 12.9. The number of aliphatic hydroxyl groups excluding tert-OH is 5. The number of hydrogen-bond acceptors (Lipinski definition) is 8. The highest BCUT2D eigenvalue weighted by atomic mass is 16.7. The molecule has 1 fully saturated rings. The van der Waals surface area contributed by atoms with E-state index in [1.54, 1.807) is 6.08 Å². The zero-order valence-corrected chi connectivity index (χ0v) is 37.2. The molecule has 1 heterocycles. The first-order chi connectivity index (χ1) is 28.8. The number of aliphatic hydroxyl groups is 5. The van der Waals surface area contributed by atoms with E-state index in [-0.39, 0.29) is 12.5 Å². The zero-order valence-electron chi connectivity index (χ0n) is 37.2. The van der Waals surface area contributed by atoms with Crippen molar-refractivity contribution in [2.45, 2.75) is 224 Å². The lowest BCUT2D eigenvalue weighted by Crippen LogP contribution is -2.60. The van der Waals surface area contributed by atoms with E-state index in [0.717, 1.165) is 70.6 Å². The molecule has 1 saturated heterocycles. The fourth-order valence-electron chi connectivity index (χ4n) is 7.00. The van der Waals surface area contributed by atoms with Crippen molar-refractivity contribution in [1.82, 2.24) is 5.32 Å². The molecule has 0 aromatic rings. The van der Waals surface area contributed by atoms with Crippen LogP contribution in [0.25, 0.3) is 0 Å². The van der Waals surface area contributed by atoms with Gasteiger partial charge >= 0.3 is 0 Å². The van der Waals surface area contributed by atoms with E-state index in [0.29, 0.717) is 6.42 Å². The molecule has 1 rings (SSSR count). The van der Waals surface area contributed by atoms with E-state index in [4.69, 9.17) is 9.47 Å². The quantitative estimate of drug-likeness (QED) is 0.0266. The molecular formula is C50H87NO8. The Balaban J connectivity index is 2.21. The summed E-state index contributed by atoms with van der Waals surface area (Å²) in [5, 5.41) is 54.0. The van der Waals surface area contributed by atoms with Crippen LogP contribution in [-0.4, -0.2) is 87.5 Å². The van der Waals surface area contributed by atoms with Crippen LogP contribution in [0.2, 0.25) is 0 Å². The lowest BCUT2D eigenvalue weighted by atomic mass is 9.99. The Morgan fingerprint density at radius 1 is 0.593 bits per heavy atom. The Kier molecular flexibility index (Phi) is 36.8. The Morgan fingerprint density at radius 3 is 1.56 bits per heavy atom. The highest BCUT2D eigenvalue weighted by Crippen LogP contribution is 2.22. The van der Waals surface area contributed by atoms with E-state index in [2.05, 4.69) is 79.9 Å². The third kappa shape index (κ3) is 30.3. The van der Waals surface area contributed by atoms with Gasteiger partial charge in [0.15, 0.2) is 6.29 Å². The van der Waals surface area contributed by atoms with Crippen LogP contribution < -0.4 is 5.32 Å². The largest absolute Gasteiger partial charge is 0.394 e. The van der Waals surface area contributed by atoms with Gasteiger partial charge in [-0.2, -0.15) is 0 Å². The minimum atomic E-state index is -1.57. The molecule has 0 spiro atoms. The van der Waals surface area contributed by atoms with Gasteiger partial charge in [0, 0.05) is 6.42 Å². The average molecular weight is 830 g/mol. The summed E-state index contributed by atoms with van der Waals surface area (Å²) in [5.41, 5.74) is 0. The molecule has 0 aromatic carbocycles. The van der Waals surface area contributed by atoms with E-state index in [1.807, 2.05) is 6.08 Å². The molecule has 9 heteroatoms. The summed E-state index contributed by atoms with van der Waals surface area (Å²) in [6, 6.07) is -0.807. The van der Waals surface area contributed by atoms with Crippen LogP contribution in [0.4, 0.5) is 0 Å². The summed E-state index contributed by atoms with van der Waals surface area (Å²) < 4.78 is 11.2. The van der Waals surface area contributed by atoms with Crippen molar-refractivity contribution >= 4 is 5.91 Å². The Labute approximate surface area is 359 Å². The normalized spacial score (nSPS) is 21.4. The van der Waals surface area contributed by atoms with Crippen molar-refractivity contribution < 1.29 is 39.8 Å². The third-order valence-corrected chi connectivity index (χ3v) is 10.8. The van der Waals surface area contributed by atoms with Gasteiger partial charge in [-0.05, 0) is 64.2 Å². The minimum Gasteiger partial charge on any atom is -0.394 e. The van der Waals surface area contributed by atoms with Crippen molar-refractivity contribution in [2.75, 3.05) is 13.2 Å². The summed E-state index contributed by atoms with van der Waals surface area (Å²) in [7, 11) is 0. The molecule has 1 aliphatic rings. The second kappa shape index (κ2) is 39.7.